The Balaban J connectivity index is 1.45. The molecule has 1 aromatic rings. The van der Waals surface area contributed by atoms with Crippen molar-refractivity contribution in [2.24, 2.45) is 5.92 Å². The first-order valence-corrected chi connectivity index (χ1v) is 9.84. The van der Waals surface area contributed by atoms with Gasteiger partial charge in [-0.15, -0.1) is 0 Å². The number of hydrogen-bond donors (Lipinski definition) is 1. The fourth-order valence-electron chi connectivity index (χ4n) is 3.78. The lowest BCUT2D eigenvalue weighted by molar-refractivity contribution is 0.476. The molecule has 0 radical (unpaired) electrons. The molecule has 3 unspecified atom stereocenters. The smallest absolute Gasteiger partial charge is 0.154 e. The van der Waals surface area contributed by atoms with Crippen LogP contribution in [0.3, 0.4) is 0 Å². The van der Waals surface area contributed by atoms with E-state index < -0.39 is 9.84 Å². The zero-order chi connectivity index (χ0) is 14.7. The minimum absolute atomic E-state index is 0.134. The van der Waals surface area contributed by atoms with Crippen LogP contribution < -0.4 is 5.32 Å². The van der Waals surface area contributed by atoms with Crippen molar-refractivity contribution in [3.63, 3.8) is 0 Å². The maximum absolute atomic E-state index is 11.8. The van der Waals surface area contributed by atoms with Gasteiger partial charge >= 0.3 is 0 Å². The van der Waals surface area contributed by atoms with E-state index in [1.807, 2.05) is 0 Å². The number of hydrogen-bond acceptors (Lipinski definition) is 3. The Labute approximate surface area is 128 Å². The van der Waals surface area contributed by atoms with Crippen molar-refractivity contribution in [2.45, 2.75) is 49.8 Å². The molecule has 3 nitrogen and oxygen atoms in total. The maximum Gasteiger partial charge on any atom is 0.154 e. The summed E-state index contributed by atoms with van der Waals surface area (Å²) in [6, 6.07) is 11.2. The molecule has 3 atom stereocenters. The van der Waals surface area contributed by atoms with Crippen LogP contribution in [-0.4, -0.2) is 32.0 Å². The van der Waals surface area contributed by atoms with E-state index in [0.29, 0.717) is 18.3 Å². The van der Waals surface area contributed by atoms with Gasteiger partial charge in [0.1, 0.15) is 0 Å². The summed E-state index contributed by atoms with van der Waals surface area (Å²) in [4.78, 5) is 0. The Kier molecular flexibility index (Phi) is 4.65. The lowest BCUT2D eigenvalue weighted by Crippen LogP contribution is -2.36. The van der Waals surface area contributed by atoms with Crippen molar-refractivity contribution in [3.8, 4) is 0 Å². The molecule has 1 saturated carbocycles. The fraction of sp³-hybridized carbons (Fsp3) is 0.647. The molecule has 1 N–H and O–H groups in total. The molecule has 116 valence electrons. The molecular weight excluding hydrogens is 282 g/mol. The van der Waals surface area contributed by atoms with Crippen molar-refractivity contribution in [1.29, 1.82) is 0 Å². The molecular formula is C17H25NO2S. The van der Waals surface area contributed by atoms with Crippen molar-refractivity contribution < 1.29 is 8.42 Å². The molecule has 4 heteroatoms. The quantitative estimate of drug-likeness (QED) is 0.909. The summed E-state index contributed by atoms with van der Waals surface area (Å²) < 4.78 is 23.7. The van der Waals surface area contributed by atoms with E-state index >= 15 is 0 Å². The van der Waals surface area contributed by atoms with Gasteiger partial charge in [-0.05, 0) is 50.0 Å². The lowest BCUT2D eigenvalue weighted by Gasteiger charge is -2.16. The van der Waals surface area contributed by atoms with Crippen LogP contribution in [0.2, 0.25) is 0 Å². The van der Waals surface area contributed by atoms with Crippen LogP contribution in [-0.2, 0) is 16.3 Å². The average Bonchev–Trinajstić information content (AvgIpc) is 3.04. The van der Waals surface area contributed by atoms with Gasteiger partial charge in [0.2, 0.25) is 0 Å². The SMILES string of the molecule is O=S1(=O)CCCC1CNC1CCC(Cc2ccccc2)C1. The number of benzene rings is 1. The highest BCUT2D eigenvalue weighted by Gasteiger charge is 2.32. The highest BCUT2D eigenvalue weighted by Crippen LogP contribution is 2.29. The Hall–Kier alpha value is -0.870. The minimum Gasteiger partial charge on any atom is -0.313 e. The molecule has 3 rings (SSSR count). The van der Waals surface area contributed by atoms with Crippen LogP contribution in [0.5, 0.6) is 0 Å². The summed E-state index contributed by atoms with van der Waals surface area (Å²) in [6.07, 6.45) is 6.46. The third-order valence-corrected chi connectivity index (χ3v) is 7.28. The summed E-state index contributed by atoms with van der Waals surface area (Å²) in [5.74, 6) is 1.13. The van der Waals surface area contributed by atoms with Crippen LogP contribution in [0.4, 0.5) is 0 Å². The standard InChI is InChI=1S/C17H25NO2S/c19-21(20)10-4-7-17(21)13-18-16-9-8-15(12-16)11-14-5-2-1-3-6-14/h1-3,5-6,15-18H,4,7-13H2. The lowest BCUT2D eigenvalue weighted by atomic mass is 9.98. The van der Waals surface area contributed by atoms with Gasteiger partial charge in [-0.2, -0.15) is 0 Å². The van der Waals surface area contributed by atoms with E-state index in [4.69, 9.17) is 0 Å². The molecule has 0 bridgehead atoms. The molecule has 0 amide bonds. The minimum atomic E-state index is -2.80. The van der Waals surface area contributed by atoms with Crippen molar-refractivity contribution >= 4 is 9.84 Å². The largest absolute Gasteiger partial charge is 0.313 e. The second-order valence-corrected chi connectivity index (χ2v) is 9.01. The Bertz CT molecular complexity index is 555. The van der Waals surface area contributed by atoms with Gasteiger partial charge in [0.05, 0.1) is 11.0 Å². The highest BCUT2D eigenvalue weighted by molar-refractivity contribution is 7.92. The van der Waals surface area contributed by atoms with E-state index in [2.05, 4.69) is 35.6 Å². The molecule has 0 spiro atoms. The van der Waals surface area contributed by atoms with Gasteiger partial charge in [0, 0.05) is 12.6 Å². The Morgan fingerprint density at radius 2 is 1.90 bits per heavy atom. The van der Waals surface area contributed by atoms with Gasteiger partial charge in [0.15, 0.2) is 9.84 Å². The van der Waals surface area contributed by atoms with Crippen molar-refractivity contribution in [1.82, 2.24) is 5.32 Å². The first-order chi connectivity index (χ1) is 10.1. The molecule has 2 aliphatic rings. The summed E-state index contributed by atoms with van der Waals surface area (Å²) in [6.45, 7) is 0.658. The van der Waals surface area contributed by atoms with Gasteiger partial charge in [-0.25, -0.2) is 8.42 Å². The van der Waals surface area contributed by atoms with E-state index in [1.54, 1.807) is 0 Å². The van der Waals surface area contributed by atoms with Crippen LogP contribution in [0.1, 0.15) is 37.7 Å². The summed E-state index contributed by atoms with van der Waals surface area (Å²) in [5, 5.41) is 3.38. The molecule has 21 heavy (non-hydrogen) atoms. The van der Waals surface area contributed by atoms with Crippen molar-refractivity contribution in [2.75, 3.05) is 12.3 Å². The van der Waals surface area contributed by atoms with Crippen LogP contribution in [0.25, 0.3) is 0 Å². The normalized spacial score (nSPS) is 31.5. The van der Waals surface area contributed by atoms with Gasteiger partial charge < -0.3 is 5.32 Å². The van der Waals surface area contributed by atoms with E-state index in [1.165, 1.54) is 24.8 Å². The zero-order valence-corrected chi connectivity index (χ0v) is 13.3. The topological polar surface area (TPSA) is 46.2 Å². The third-order valence-electron chi connectivity index (χ3n) is 5.01. The molecule has 1 heterocycles. The van der Waals surface area contributed by atoms with E-state index in [0.717, 1.165) is 25.2 Å². The van der Waals surface area contributed by atoms with Crippen LogP contribution in [0, 0.1) is 5.92 Å². The van der Waals surface area contributed by atoms with Gasteiger partial charge in [-0.3, -0.25) is 0 Å². The molecule has 0 aromatic heterocycles. The second kappa shape index (κ2) is 6.49. The maximum atomic E-state index is 11.8. The molecule has 1 aromatic carbocycles. The molecule has 1 aliphatic heterocycles. The fourth-order valence-corrected chi connectivity index (χ4v) is 5.56. The van der Waals surface area contributed by atoms with Crippen LogP contribution >= 0.6 is 0 Å². The predicted molar refractivity (Wildman–Crippen MR) is 86.1 cm³/mol. The second-order valence-electron chi connectivity index (χ2n) is 6.61. The number of sulfone groups is 1. The molecule has 1 saturated heterocycles. The first kappa shape index (κ1) is 15.0. The molecule has 2 fully saturated rings. The number of nitrogens with one attached hydrogen (secondary N) is 1. The van der Waals surface area contributed by atoms with Crippen molar-refractivity contribution in [3.05, 3.63) is 35.9 Å². The average molecular weight is 307 g/mol. The zero-order valence-electron chi connectivity index (χ0n) is 12.5. The predicted octanol–water partition coefficient (Wildman–Crippen LogP) is 2.56. The summed E-state index contributed by atoms with van der Waals surface area (Å²) in [5.41, 5.74) is 1.42. The van der Waals surface area contributed by atoms with Gasteiger partial charge in [-0.1, -0.05) is 30.3 Å². The Morgan fingerprint density at radius 1 is 1.10 bits per heavy atom. The Morgan fingerprint density at radius 3 is 2.62 bits per heavy atom. The monoisotopic (exact) mass is 307 g/mol. The first-order valence-electron chi connectivity index (χ1n) is 8.12. The highest BCUT2D eigenvalue weighted by atomic mass is 32.2. The number of rotatable bonds is 5. The summed E-state index contributed by atoms with van der Waals surface area (Å²) >= 11 is 0. The van der Waals surface area contributed by atoms with Gasteiger partial charge in [0.25, 0.3) is 0 Å². The van der Waals surface area contributed by atoms with E-state index in [-0.39, 0.29) is 5.25 Å². The molecule has 1 aliphatic carbocycles. The summed E-state index contributed by atoms with van der Waals surface area (Å²) in [7, 11) is -2.80. The van der Waals surface area contributed by atoms with Crippen LogP contribution in [0.15, 0.2) is 30.3 Å². The third kappa shape index (κ3) is 3.86. The van der Waals surface area contributed by atoms with E-state index in [9.17, 15) is 8.42 Å².